The molecule has 7 nitrogen and oxygen atoms in total. The van der Waals surface area contributed by atoms with Crippen molar-refractivity contribution in [1.29, 1.82) is 0 Å². The van der Waals surface area contributed by atoms with Gasteiger partial charge < -0.3 is 9.42 Å². The van der Waals surface area contributed by atoms with Crippen LogP contribution in [-0.4, -0.2) is 32.4 Å². The molecule has 1 aliphatic heterocycles. The van der Waals surface area contributed by atoms with Crippen molar-refractivity contribution in [1.82, 2.24) is 19.8 Å². The number of hydrogen-bond donors (Lipinski definition) is 1. The monoisotopic (exact) mass is 419 g/mol. The zero-order chi connectivity index (χ0) is 20.5. The van der Waals surface area contributed by atoms with Crippen LogP contribution in [0.15, 0.2) is 71.4 Å². The predicted molar refractivity (Wildman–Crippen MR) is 114 cm³/mol. The summed E-state index contributed by atoms with van der Waals surface area (Å²) >= 11 is 6.02. The summed E-state index contributed by atoms with van der Waals surface area (Å²) in [6.07, 6.45) is 2.55. The second-order valence-corrected chi connectivity index (χ2v) is 7.49. The van der Waals surface area contributed by atoms with E-state index in [1.807, 2.05) is 53.3 Å². The van der Waals surface area contributed by atoms with Gasteiger partial charge in [-0.15, -0.1) is 0 Å². The highest BCUT2D eigenvalue weighted by atomic mass is 35.5. The van der Waals surface area contributed by atoms with Crippen molar-refractivity contribution in [3.8, 4) is 17.0 Å². The number of rotatable bonds is 3. The zero-order valence-electron chi connectivity index (χ0n) is 16.0. The van der Waals surface area contributed by atoms with E-state index in [4.69, 9.17) is 16.1 Å². The summed E-state index contributed by atoms with van der Waals surface area (Å²) in [7, 11) is 0. The number of fused-ring (bicyclic) bond motifs is 1. The van der Waals surface area contributed by atoms with Gasteiger partial charge in [-0.25, -0.2) is 9.48 Å². The molecule has 2 amide bonds. The van der Waals surface area contributed by atoms with Gasteiger partial charge in [0.15, 0.2) is 11.6 Å². The van der Waals surface area contributed by atoms with Crippen LogP contribution in [0.3, 0.4) is 0 Å². The van der Waals surface area contributed by atoms with Crippen LogP contribution >= 0.6 is 11.6 Å². The van der Waals surface area contributed by atoms with E-state index < -0.39 is 0 Å². The number of aromatic nitrogens is 3. The van der Waals surface area contributed by atoms with E-state index in [-0.39, 0.29) is 6.03 Å². The Labute approximate surface area is 177 Å². The summed E-state index contributed by atoms with van der Waals surface area (Å²) in [6, 6.07) is 18.7. The third-order valence-electron chi connectivity index (χ3n) is 5.08. The number of amides is 2. The lowest BCUT2D eigenvalue weighted by molar-refractivity contribution is 0.205. The topological polar surface area (TPSA) is 76.2 Å². The molecule has 0 unspecified atom stereocenters. The number of benzene rings is 2. The van der Waals surface area contributed by atoms with Gasteiger partial charge >= 0.3 is 6.03 Å². The first-order chi connectivity index (χ1) is 14.7. The Bertz CT molecular complexity index is 1200. The molecule has 1 N–H and O–H groups in total. The lowest BCUT2D eigenvalue weighted by atomic mass is 10.1. The van der Waals surface area contributed by atoms with Crippen LogP contribution in [0.2, 0.25) is 5.02 Å². The van der Waals surface area contributed by atoms with Crippen LogP contribution in [0.4, 0.5) is 10.6 Å². The molecule has 0 bridgehead atoms. The maximum absolute atomic E-state index is 12.7. The van der Waals surface area contributed by atoms with Crippen LogP contribution in [-0.2, 0) is 13.0 Å². The fourth-order valence-corrected chi connectivity index (χ4v) is 3.79. The van der Waals surface area contributed by atoms with E-state index >= 15 is 0 Å². The number of halogens is 1. The number of nitrogens with one attached hydrogen (secondary N) is 1. The summed E-state index contributed by atoms with van der Waals surface area (Å²) in [4.78, 5) is 14.5. The summed E-state index contributed by atoms with van der Waals surface area (Å²) in [6.45, 7) is 1.09. The average molecular weight is 420 g/mol. The maximum atomic E-state index is 12.7. The molecule has 0 spiro atoms. The first-order valence-corrected chi connectivity index (χ1v) is 9.95. The van der Waals surface area contributed by atoms with Crippen LogP contribution in [0.25, 0.3) is 17.0 Å². The van der Waals surface area contributed by atoms with Gasteiger partial charge in [0.05, 0.1) is 24.1 Å². The van der Waals surface area contributed by atoms with E-state index in [1.54, 1.807) is 23.1 Å². The van der Waals surface area contributed by atoms with Crippen molar-refractivity contribution < 1.29 is 9.32 Å². The third-order valence-corrected chi connectivity index (χ3v) is 5.31. The summed E-state index contributed by atoms with van der Waals surface area (Å²) in [5.74, 6) is 0.902. The van der Waals surface area contributed by atoms with Crippen molar-refractivity contribution in [3.05, 3.63) is 83.1 Å². The van der Waals surface area contributed by atoms with E-state index in [2.05, 4.69) is 15.6 Å². The van der Waals surface area contributed by atoms with Gasteiger partial charge in [-0.2, -0.15) is 5.10 Å². The van der Waals surface area contributed by atoms with Crippen LogP contribution < -0.4 is 5.32 Å². The number of anilines is 1. The molecule has 0 fully saturated rings. The fraction of sp³-hybridized carbons (Fsp3) is 0.136. The number of hydrogen-bond acceptors (Lipinski definition) is 4. The van der Waals surface area contributed by atoms with Gasteiger partial charge in [0.25, 0.3) is 0 Å². The number of nitrogens with zero attached hydrogens (tertiary/aromatic N) is 4. The first-order valence-electron chi connectivity index (χ1n) is 9.57. The molecule has 1 aliphatic rings. The Balaban J connectivity index is 1.28. The van der Waals surface area contributed by atoms with Gasteiger partial charge in [0, 0.05) is 35.2 Å². The van der Waals surface area contributed by atoms with Gasteiger partial charge in [0.1, 0.15) is 0 Å². The molecule has 5 rings (SSSR count). The van der Waals surface area contributed by atoms with E-state index in [1.165, 1.54) is 0 Å². The Morgan fingerprint density at radius 1 is 1.10 bits per heavy atom. The molecule has 2 aromatic carbocycles. The molecule has 0 radical (unpaired) electrons. The maximum Gasteiger partial charge on any atom is 0.323 e. The normalized spacial score (nSPS) is 13.2. The molecule has 30 heavy (non-hydrogen) atoms. The summed E-state index contributed by atoms with van der Waals surface area (Å²) in [5, 5.41) is 11.9. The highest BCUT2D eigenvalue weighted by Gasteiger charge is 2.25. The second kappa shape index (κ2) is 7.68. The molecule has 0 saturated heterocycles. The number of carbonyl (C=O) groups excluding carboxylic acids is 1. The Morgan fingerprint density at radius 3 is 2.80 bits per heavy atom. The molecule has 4 aromatic rings. The lowest BCUT2D eigenvalue weighted by Crippen LogP contribution is -2.39. The van der Waals surface area contributed by atoms with Crippen molar-refractivity contribution >= 4 is 23.4 Å². The van der Waals surface area contributed by atoms with Crippen LogP contribution in [0.5, 0.6) is 0 Å². The fourth-order valence-electron chi connectivity index (χ4n) is 3.60. The molecule has 3 heterocycles. The van der Waals surface area contributed by atoms with Crippen molar-refractivity contribution in [2.45, 2.75) is 13.0 Å². The zero-order valence-corrected chi connectivity index (χ0v) is 16.7. The van der Waals surface area contributed by atoms with E-state index in [0.29, 0.717) is 29.7 Å². The van der Waals surface area contributed by atoms with E-state index in [0.717, 1.165) is 28.9 Å². The quantitative estimate of drug-likeness (QED) is 0.519. The minimum atomic E-state index is -0.223. The smallest absolute Gasteiger partial charge is 0.323 e. The molecule has 0 aliphatic carbocycles. The van der Waals surface area contributed by atoms with Crippen LogP contribution in [0.1, 0.15) is 11.3 Å². The molecule has 2 aromatic heterocycles. The minimum Gasteiger partial charge on any atom is -0.354 e. The molecule has 0 atom stereocenters. The largest absolute Gasteiger partial charge is 0.354 e. The number of urea groups is 1. The molecular formula is C22H18ClN5O2. The van der Waals surface area contributed by atoms with Gasteiger partial charge in [-0.05, 0) is 24.3 Å². The lowest BCUT2D eigenvalue weighted by Gasteiger charge is -2.27. The molecule has 0 saturated carbocycles. The van der Waals surface area contributed by atoms with Crippen molar-refractivity contribution in [2.75, 3.05) is 11.9 Å². The molecular weight excluding hydrogens is 402 g/mol. The van der Waals surface area contributed by atoms with Crippen LogP contribution in [0, 0.1) is 0 Å². The van der Waals surface area contributed by atoms with E-state index in [9.17, 15) is 4.79 Å². The Kier molecular flexibility index (Phi) is 4.72. The van der Waals surface area contributed by atoms with Gasteiger partial charge in [-0.1, -0.05) is 47.1 Å². The highest BCUT2D eigenvalue weighted by Crippen LogP contribution is 2.26. The summed E-state index contributed by atoms with van der Waals surface area (Å²) < 4.78 is 7.29. The minimum absolute atomic E-state index is 0.223. The third kappa shape index (κ3) is 3.55. The number of carbonyl (C=O) groups is 1. The van der Waals surface area contributed by atoms with Crippen molar-refractivity contribution in [3.63, 3.8) is 0 Å². The Hall–Kier alpha value is -3.58. The van der Waals surface area contributed by atoms with Crippen molar-refractivity contribution in [2.24, 2.45) is 0 Å². The highest BCUT2D eigenvalue weighted by molar-refractivity contribution is 6.30. The molecule has 150 valence electrons. The Morgan fingerprint density at radius 2 is 1.97 bits per heavy atom. The van der Waals surface area contributed by atoms with Gasteiger partial charge in [0.2, 0.25) is 0 Å². The standard InChI is InChI=1S/C22H18ClN5O2/c23-17-6-4-5-15(11-17)20-12-21(26-30-20)25-22(29)27-10-9-19-16(14-27)13-24-28(19)18-7-2-1-3-8-18/h1-8,11-13H,9-10,14H2,(H,25,26,29). The number of para-hydroxylation sites is 1. The first kappa shape index (κ1) is 18.4. The average Bonchev–Trinajstić information content (AvgIpc) is 3.41. The van der Waals surface area contributed by atoms with Gasteiger partial charge in [-0.3, -0.25) is 5.32 Å². The molecule has 8 heteroatoms. The second-order valence-electron chi connectivity index (χ2n) is 7.05. The predicted octanol–water partition coefficient (Wildman–Crippen LogP) is 4.77. The SMILES string of the molecule is O=C(Nc1cc(-c2cccc(Cl)c2)on1)N1CCc2c(cnn2-c2ccccc2)C1. The summed E-state index contributed by atoms with van der Waals surface area (Å²) in [5.41, 5.74) is 3.99.